The fourth-order valence-corrected chi connectivity index (χ4v) is 1.64. The lowest BCUT2D eigenvalue weighted by Crippen LogP contribution is -2.22. The van der Waals surface area contributed by atoms with Gasteiger partial charge in [0.25, 0.3) is 0 Å². The summed E-state index contributed by atoms with van der Waals surface area (Å²) in [7, 11) is 0. The number of guanidine groups is 1. The molecule has 0 fully saturated rings. The van der Waals surface area contributed by atoms with Gasteiger partial charge >= 0.3 is 0 Å². The van der Waals surface area contributed by atoms with Gasteiger partial charge in [0.05, 0.1) is 11.2 Å². The Morgan fingerprint density at radius 1 is 1.35 bits per heavy atom. The van der Waals surface area contributed by atoms with Crippen LogP contribution in [0.3, 0.4) is 0 Å². The van der Waals surface area contributed by atoms with Crippen LogP contribution in [0.15, 0.2) is 12.1 Å². The van der Waals surface area contributed by atoms with Crippen molar-refractivity contribution < 1.29 is 4.39 Å². The molecule has 0 aliphatic rings. The van der Waals surface area contributed by atoms with Crippen LogP contribution in [0.4, 0.5) is 10.3 Å². The lowest BCUT2D eigenvalue weighted by Gasteiger charge is -2.08. The third-order valence-electron chi connectivity index (χ3n) is 2.49. The number of aryl methyl sites for hydroxylation is 2. The van der Waals surface area contributed by atoms with Gasteiger partial charge in [-0.3, -0.25) is 10.7 Å². The van der Waals surface area contributed by atoms with Crippen molar-refractivity contribution in [2.75, 3.05) is 5.32 Å². The maximum absolute atomic E-state index is 13.4. The standard InChI is InChI=1S/C11H12FN5/c1-5-8(12)4-3-7-6(2)15-11(16-9(5)7)17-10(13)14/h3-4H,1-2H3,(H4,13,14,15,16,17). The first-order valence-electron chi connectivity index (χ1n) is 5.03. The number of hydrogen-bond donors (Lipinski definition) is 3. The maximum Gasteiger partial charge on any atom is 0.230 e. The minimum absolute atomic E-state index is 0.205. The van der Waals surface area contributed by atoms with E-state index in [0.29, 0.717) is 16.8 Å². The van der Waals surface area contributed by atoms with Crippen molar-refractivity contribution in [3.8, 4) is 0 Å². The number of rotatable bonds is 1. The van der Waals surface area contributed by atoms with Gasteiger partial charge in [-0.15, -0.1) is 0 Å². The zero-order valence-corrected chi connectivity index (χ0v) is 9.50. The maximum atomic E-state index is 13.4. The molecule has 0 radical (unpaired) electrons. The molecule has 0 bridgehead atoms. The Labute approximate surface area is 97.4 Å². The number of benzene rings is 1. The molecule has 0 unspecified atom stereocenters. The van der Waals surface area contributed by atoms with Crippen LogP contribution in [0.1, 0.15) is 11.3 Å². The van der Waals surface area contributed by atoms with E-state index < -0.39 is 0 Å². The van der Waals surface area contributed by atoms with Gasteiger partial charge in [-0.2, -0.15) is 0 Å². The van der Waals surface area contributed by atoms with Crippen LogP contribution in [-0.4, -0.2) is 15.9 Å². The molecule has 4 N–H and O–H groups in total. The highest BCUT2D eigenvalue weighted by Gasteiger charge is 2.09. The second-order valence-corrected chi connectivity index (χ2v) is 3.74. The van der Waals surface area contributed by atoms with Gasteiger partial charge in [-0.25, -0.2) is 14.4 Å². The Morgan fingerprint density at radius 3 is 2.71 bits per heavy atom. The Kier molecular flexibility index (Phi) is 2.63. The van der Waals surface area contributed by atoms with Crippen molar-refractivity contribution >= 4 is 22.8 Å². The summed E-state index contributed by atoms with van der Waals surface area (Å²) in [6.45, 7) is 3.45. The van der Waals surface area contributed by atoms with E-state index in [1.165, 1.54) is 6.07 Å². The van der Waals surface area contributed by atoms with E-state index in [9.17, 15) is 4.39 Å². The van der Waals surface area contributed by atoms with Gasteiger partial charge in [0, 0.05) is 10.9 Å². The zero-order chi connectivity index (χ0) is 12.6. The predicted molar refractivity (Wildman–Crippen MR) is 64.5 cm³/mol. The Hall–Kier alpha value is -2.24. The van der Waals surface area contributed by atoms with E-state index in [1.807, 2.05) is 0 Å². The molecule has 0 amide bonds. The fraction of sp³-hybridized carbons (Fsp3) is 0.182. The van der Waals surface area contributed by atoms with E-state index in [2.05, 4.69) is 15.3 Å². The lowest BCUT2D eigenvalue weighted by molar-refractivity contribution is 0.620. The molecule has 17 heavy (non-hydrogen) atoms. The third kappa shape index (κ3) is 2.01. The zero-order valence-electron chi connectivity index (χ0n) is 9.50. The summed E-state index contributed by atoms with van der Waals surface area (Å²) < 4.78 is 13.4. The number of halogens is 1. The number of fused-ring (bicyclic) bond motifs is 1. The average Bonchev–Trinajstić information content (AvgIpc) is 2.23. The minimum atomic E-state index is -0.315. The lowest BCUT2D eigenvalue weighted by atomic mass is 10.1. The normalized spacial score (nSPS) is 10.5. The highest BCUT2D eigenvalue weighted by Crippen LogP contribution is 2.22. The van der Waals surface area contributed by atoms with Crippen molar-refractivity contribution in [2.24, 2.45) is 5.73 Å². The molecule has 88 valence electrons. The van der Waals surface area contributed by atoms with Crippen molar-refractivity contribution in [3.05, 3.63) is 29.2 Å². The van der Waals surface area contributed by atoms with Crippen molar-refractivity contribution in [2.45, 2.75) is 13.8 Å². The number of anilines is 1. The minimum Gasteiger partial charge on any atom is -0.370 e. The van der Waals surface area contributed by atoms with Crippen LogP contribution >= 0.6 is 0 Å². The average molecular weight is 233 g/mol. The largest absolute Gasteiger partial charge is 0.370 e. The molecule has 2 rings (SSSR count). The van der Waals surface area contributed by atoms with Gasteiger partial charge in [0.15, 0.2) is 5.96 Å². The third-order valence-corrected chi connectivity index (χ3v) is 2.49. The number of hydrogen-bond acceptors (Lipinski definition) is 3. The molecule has 1 aromatic heterocycles. The topological polar surface area (TPSA) is 87.7 Å². The SMILES string of the molecule is Cc1nc(NC(=N)N)nc2c(C)c(F)ccc12. The highest BCUT2D eigenvalue weighted by atomic mass is 19.1. The molecule has 0 saturated carbocycles. The summed E-state index contributed by atoms with van der Waals surface area (Å²) in [6.07, 6.45) is 0. The molecule has 0 aliphatic heterocycles. The van der Waals surface area contributed by atoms with Crippen LogP contribution in [0.25, 0.3) is 10.9 Å². The summed E-state index contributed by atoms with van der Waals surface area (Å²) in [5.41, 5.74) is 6.90. The van der Waals surface area contributed by atoms with E-state index in [0.717, 1.165) is 5.39 Å². The summed E-state index contributed by atoms with van der Waals surface area (Å²) in [4.78, 5) is 8.30. The molecular weight excluding hydrogens is 221 g/mol. The number of aromatic nitrogens is 2. The second kappa shape index (κ2) is 3.97. The van der Waals surface area contributed by atoms with Gasteiger partial charge < -0.3 is 5.73 Å². The molecule has 6 heteroatoms. The smallest absolute Gasteiger partial charge is 0.230 e. The van der Waals surface area contributed by atoms with Gasteiger partial charge in [0.1, 0.15) is 5.82 Å². The monoisotopic (exact) mass is 233 g/mol. The van der Waals surface area contributed by atoms with E-state index in [1.54, 1.807) is 19.9 Å². The highest BCUT2D eigenvalue weighted by molar-refractivity contribution is 5.90. The van der Waals surface area contributed by atoms with Crippen LogP contribution in [-0.2, 0) is 0 Å². The van der Waals surface area contributed by atoms with E-state index in [-0.39, 0.29) is 17.7 Å². The Bertz CT molecular complexity index is 608. The van der Waals surface area contributed by atoms with Gasteiger partial charge in [0.2, 0.25) is 5.95 Å². The quantitative estimate of drug-likeness (QED) is 0.516. The van der Waals surface area contributed by atoms with Crippen LogP contribution < -0.4 is 11.1 Å². The molecule has 2 aromatic rings. The summed E-state index contributed by atoms with van der Waals surface area (Å²) in [5.74, 6) is -0.363. The molecule has 0 atom stereocenters. The summed E-state index contributed by atoms with van der Waals surface area (Å²) >= 11 is 0. The molecular formula is C11H12FN5. The van der Waals surface area contributed by atoms with Crippen LogP contribution in [0.5, 0.6) is 0 Å². The number of nitrogens with one attached hydrogen (secondary N) is 2. The number of nitrogens with two attached hydrogens (primary N) is 1. The molecule has 0 saturated heterocycles. The van der Waals surface area contributed by atoms with Crippen molar-refractivity contribution in [1.82, 2.24) is 9.97 Å². The Balaban J connectivity index is 2.70. The fourth-order valence-electron chi connectivity index (χ4n) is 1.64. The summed E-state index contributed by atoms with van der Waals surface area (Å²) in [6, 6.07) is 3.04. The molecule has 5 nitrogen and oxygen atoms in total. The van der Waals surface area contributed by atoms with Crippen molar-refractivity contribution in [1.29, 1.82) is 5.41 Å². The second-order valence-electron chi connectivity index (χ2n) is 3.74. The first kappa shape index (κ1) is 11.3. The molecule has 1 heterocycles. The first-order chi connectivity index (χ1) is 7.99. The van der Waals surface area contributed by atoms with E-state index >= 15 is 0 Å². The molecule has 0 aliphatic carbocycles. The van der Waals surface area contributed by atoms with Gasteiger partial charge in [-0.1, -0.05) is 0 Å². The first-order valence-corrected chi connectivity index (χ1v) is 5.03. The Morgan fingerprint density at radius 2 is 2.06 bits per heavy atom. The number of nitrogens with zero attached hydrogens (tertiary/aromatic N) is 2. The predicted octanol–water partition coefficient (Wildman–Crippen LogP) is 1.69. The van der Waals surface area contributed by atoms with Crippen molar-refractivity contribution in [3.63, 3.8) is 0 Å². The molecule has 0 spiro atoms. The van der Waals surface area contributed by atoms with E-state index in [4.69, 9.17) is 11.1 Å². The van der Waals surface area contributed by atoms with Crippen LogP contribution in [0, 0.1) is 25.1 Å². The summed E-state index contributed by atoms with van der Waals surface area (Å²) in [5, 5.41) is 10.4. The van der Waals surface area contributed by atoms with Gasteiger partial charge in [-0.05, 0) is 26.0 Å². The molecule has 1 aromatic carbocycles. The van der Waals surface area contributed by atoms with Crippen LogP contribution in [0.2, 0.25) is 0 Å².